The van der Waals surface area contributed by atoms with E-state index in [1.807, 2.05) is 0 Å². The number of carbonyl (C=O) groups is 2. The molecule has 5 nitrogen and oxygen atoms in total. The summed E-state index contributed by atoms with van der Waals surface area (Å²) in [6.45, 7) is 2.00. The summed E-state index contributed by atoms with van der Waals surface area (Å²) < 4.78 is 4.20. The van der Waals surface area contributed by atoms with E-state index in [-0.39, 0.29) is 17.7 Å². The van der Waals surface area contributed by atoms with Crippen LogP contribution < -0.4 is 0 Å². The molecule has 0 radical (unpaired) electrons. The SMILES string of the molecule is O=C(c1ccco1)N1CCN(C(=O)C2CC2(Cl)Cl)CC1. The first-order chi connectivity index (χ1) is 9.49. The van der Waals surface area contributed by atoms with Crippen molar-refractivity contribution in [2.24, 2.45) is 5.92 Å². The molecule has 0 N–H and O–H groups in total. The summed E-state index contributed by atoms with van der Waals surface area (Å²) in [6.07, 6.45) is 1.99. The molecule has 108 valence electrons. The second-order valence-electron chi connectivity index (χ2n) is 5.11. The number of halogens is 2. The summed E-state index contributed by atoms with van der Waals surface area (Å²) in [6, 6.07) is 3.32. The normalized spacial score (nSPS) is 24.6. The highest BCUT2D eigenvalue weighted by Crippen LogP contribution is 2.53. The number of rotatable bonds is 2. The maximum Gasteiger partial charge on any atom is 0.289 e. The quantitative estimate of drug-likeness (QED) is 0.781. The summed E-state index contributed by atoms with van der Waals surface area (Å²) in [7, 11) is 0. The topological polar surface area (TPSA) is 53.8 Å². The van der Waals surface area contributed by atoms with Crippen LogP contribution in [0.3, 0.4) is 0 Å². The van der Waals surface area contributed by atoms with Gasteiger partial charge in [0.25, 0.3) is 5.91 Å². The fourth-order valence-electron chi connectivity index (χ4n) is 2.39. The number of nitrogens with zero attached hydrogens (tertiary/aromatic N) is 2. The van der Waals surface area contributed by atoms with Gasteiger partial charge in [0.05, 0.1) is 12.2 Å². The average molecular weight is 317 g/mol. The van der Waals surface area contributed by atoms with Crippen LogP contribution in [0.5, 0.6) is 0 Å². The second-order valence-corrected chi connectivity index (χ2v) is 6.65. The van der Waals surface area contributed by atoms with Crippen LogP contribution in [0, 0.1) is 5.92 Å². The molecule has 7 heteroatoms. The lowest BCUT2D eigenvalue weighted by molar-refractivity contribution is -0.134. The van der Waals surface area contributed by atoms with Crippen LogP contribution in [0.15, 0.2) is 22.8 Å². The summed E-state index contributed by atoms with van der Waals surface area (Å²) in [4.78, 5) is 27.6. The van der Waals surface area contributed by atoms with Crippen LogP contribution in [-0.2, 0) is 4.79 Å². The largest absolute Gasteiger partial charge is 0.459 e. The third-order valence-electron chi connectivity index (χ3n) is 3.73. The van der Waals surface area contributed by atoms with E-state index < -0.39 is 4.33 Å². The van der Waals surface area contributed by atoms with Crippen molar-refractivity contribution in [3.8, 4) is 0 Å². The summed E-state index contributed by atoms with van der Waals surface area (Å²) in [5.41, 5.74) is 0. The molecule has 1 unspecified atom stereocenters. The Balaban J connectivity index is 1.55. The molecule has 1 atom stereocenters. The van der Waals surface area contributed by atoms with Gasteiger partial charge in [0.1, 0.15) is 4.33 Å². The van der Waals surface area contributed by atoms with Gasteiger partial charge in [-0.25, -0.2) is 0 Å². The van der Waals surface area contributed by atoms with Gasteiger partial charge in [-0.1, -0.05) is 0 Å². The van der Waals surface area contributed by atoms with E-state index in [1.165, 1.54) is 6.26 Å². The zero-order valence-electron chi connectivity index (χ0n) is 10.7. The Morgan fingerprint density at radius 3 is 2.30 bits per heavy atom. The number of furan rings is 1. The lowest BCUT2D eigenvalue weighted by Gasteiger charge is -2.34. The molecule has 2 aliphatic rings. The lowest BCUT2D eigenvalue weighted by Crippen LogP contribution is -2.51. The number of amides is 2. The predicted octanol–water partition coefficient (Wildman–Crippen LogP) is 1.76. The van der Waals surface area contributed by atoms with Gasteiger partial charge in [-0.15, -0.1) is 23.2 Å². The maximum absolute atomic E-state index is 12.1. The highest BCUT2D eigenvalue weighted by atomic mass is 35.5. The van der Waals surface area contributed by atoms with Gasteiger partial charge in [-0.05, 0) is 18.6 Å². The van der Waals surface area contributed by atoms with E-state index in [0.29, 0.717) is 38.4 Å². The Labute approximate surface area is 126 Å². The smallest absolute Gasteiger partial charge is 0.289 e. The fourth-order valence-corrected chi connectivity index (χ4v) is 2.88. The summed E-state index contributed by atoms with van der Waals surface area (Å²) in [5, 5.41) is 0. The molecule has 2 amide bonds. The van der Waals surface area contributed by atoms with Gasteiger partial charge in [0, 0.05) is 26.2 Å². The van der Waals surface area contributed by atoms with Crippen molar-refractivity contribution < 1.29 is 14.0 Å². The lowest BCUT2D eigenvalue weighted by atomic mass is 10.2. The number of piperazine rings is 1. The van der Waals surface area contributed by atoms with E-state index in [4.69, 9.17) is 27.6 Å². The van der Waals surface area contributed by atoms with E-state index in [9.17, 15) is 9.59 Å². The Morgan fingerprint density at radius 2 is 1.80 bits per heavy atom. The van der Waals surface area contributed by atoms with Crippen LogP contribution in [0.25, 0.3) is 0 Å². The number of hydrogen-bond acceptors (Lipinski definition) is 3. The Kier molecular flexibility index (Phi) is 3.42. The molecular formula is C13H14Cl2N2O3. The molecule has 2 heterocycles. The first kappa shape index (κ1) is 13.8. The highest BCUT2D eigenvalue weighted by molar-refractivity contribution is 6.52. The molecule has 1 aromatic heterocycles. The van der Waals surface area contributed by atoms with Crippen molar-refractivity contribution in [3.63, 3.8) is 0 Å². The monoisotopic (exact) mass is 316 g/mol. The fraction of sp³-hybridized carbons (Fsp3) is 0.538. The van der Waals surface area contributed by atoms with Crippen molar-refractivity contribution in [2.45, 2.75) is 10.8 Å². The Bertz CT molecular complexity index is 522. The zero-order valence-corrected chi connectivity index (χ0v) is 12.2. The van der Waals surface area contributed by atoms with E-state index >= 15 is 0 Å². The summed E-state index contributed by atoms with van der Waals surface area (Å²) >= 11 is 11.8. The molecule has 2 fully saturated rings. The van der Waals surface area contributed by atoms with Crippen LogP contribution in [0.2, 0.25) is 0 Å². The molecule has 1 aliphatic carbocycles. The van der Waals surface area contributed by atoms with E-state index in [0.717, 1.165) is 0 Å². The minimum Gasteiger partial charge on any atom is -0.459 e. The van der Waals surface area contributed by atoms with E-state index in [1.54, 1.807) is 21.9 Å². The number of hydrogen-bond donors (Lipinski definition) is 0. The third kappa shape index (κ3) is 2.52. The third-order valence-corrected chi connectivity index (χ3v) is 4.57. The average Bonchev–Trinajstić information content (AvgIpc) is 2.87. The minimum atomic E-state index is -0.891. The maximum atomic E-state index is 12.1. The molecule has 1 aromatic rings. The van der Waals surface area contributed by atoms with Crippen LogP contribution in [-0.4, -0.2) is 52.1 Å². The van der Waals surface area contributed by atoms with Crippen LogP contribution in [0.1, 0.15) is 17.0 Å². The van der Waals surface area contributed by atoms with Crippen LogP contribution >= 0.6 is 23.2 Å². The second kappa shape index (κ2) is 4.97. The van der Waals surface area contributed by atoms with Crippen molar-refractivity contribution in [1.82, 2.24) is 9.80 Å². The molecular weight excluding hydrogens is 303 g/mol. The van der Waals surface area contributed by atoms with Gasteiger partial charge in [0.2, 0.25) is 5.91 Å². The van der Waals surface area contributed by atoms with Gasteiger partial charge in [0.15, 0.2) is 5.76 Å². The Morgan fingerprint density at radius 1 is 1.20 bits per heavy atom. The molecule has 0 aromatic carbocycles. The molecule has 0 bridgehead atoms. The zero-order chi connectivity index (χ0) is 14.3. The van der Waals surface area contributed by atoms with Gasteiger partial charge in [-0.2, -0.15) is 0 Å². The first-order valence-electron chi connectivity index (χ1n) is 6.48. The molecule has 0 spiro atoms. The van der Waals surface area contributed by atoms with Gasteiger partial charge < -0.3 is 14.2 Å². The van der Waals surface area contributed by atoms with Gasteiger partial charge in [-0.3, -0.25) is 9.59 Å². The van der Waals surface area contributed by atoms with Crippen molar-refractivity contribution >= 4 is 35.0 Å². The predicted molar refractivity (Wildman–Crippen MR) is 73.7 cm³/mol. The molecule has 1 saturated heterocycles. The standard InChI is InChI=1S/C13H14Cl2N2O3/c14-13(15)8-9(13)11(18)16-3-5-17(6-4-16)12(19)10-2-1-7-20-10/h1-2,7,9H,3-6,8H2. The molecule has 1 aliphatic heterocycles. The molecule has 20 heavy (non-hydrogen) atoms. The highest BCUT2D eigenvalue weighted by Gasteiger charge is 2.57. The van der Waals surface area contributed by atoms with Crippen molar-refractivity contribution in [1.29, 1.82) is 0 Å². The molecule has 3 rings (SSSR count). The number of alkyl halides is 2. The van der Waals surface area contributed by atoms with Gasteiger partial charge >= 0.3 is 0 Å². The Hall–Kier alpha value is -1.20. The van der Waals surface area contributed by atoms with Crippen LogP contribution in [0.4, 0.5) is 0 Å². The van der Waals surface area contributed by atoms with Crippen molar-refractivity contribution in [2.75, 3.05) is 26.2 Å². The first-order valence-corrected chi connectivity index (χ1v) is 7.24. The number of carbonyl (C=O) groups excluding carboxylic acids is 2. The minimum absolute atomic E-state index is 0.0138. The van der Waals surface area contributed by atoms with E-state index in [2.05, 4.69) is 0 Å². The molecule has 1 saturated carbocycles. The summed E-state index contributed by atoms with van der Waals surface area (Å²) in [5.74, 6) is -0.122. The van der Waals surface area contributed by atoms with Crippen molar-refractivity contribution in [3.05, 3.63) is 24.2 Å².